The number of azide groups is 1. The van der Waals surface area contributed by atoms with Crippen LogP contribution < -0.4 is 0 Å². The highest BCUT2D eigenvalue weighted by Crippen LogP contribution is 2.22. The van der Waals surface area contributed by atoms with Crippen molar-refractivity contribution in [3.63, 3.8) is 0 Å². The van der Waals surface area contributed by atoms with Crippen LogP contribution in [-0.4, -0.2) is 29.1 Å². The molecule has 0 fully saturated rings. The molecule has 0 saturated carbocycles. The van der Waals surface area contributed by atoms with E-state index in [1.54, 1.807) is 18.2 Å². The Morgan fingerprint density at radius 3 is 2.83 bits per heavy atom. The van der Waals surface area contributed by atoms with E-state index in [1.807, 2.05) is 6.92 Å². The van der Waals surface area contributed by atoms with Crippen molar-refractivity contribution in [2.75, 3.05) is 6.54 Å². The van der Waals surface area contributed by atoms with Crippen LogP contribution >= 0.6 is 0 Å². The number of aryl methyl sites for hydroxylation is 1. The normalized spacial score (nSPS) is 13.5. The van der Waals surface area contributed by atoms with E-state index in [9.17, 15) is 15.0 Å². The molecule has 6 heteroatoms. The summed E-state index contributed by atoms with van der Waals surface area (Å²) in [6.45, 7) is 1.93. The molecule has 96 valence electrons. The van der Waals surface area contributed by atoms with Crippen LogP contribution in [0.3, 0.4) is 0 Å². The zero-order valence-corrected chi connectivity index (χ0v) is 10.0. The van der Waals surface area contributed by atoms with Gasteiger partial charge >= 0.3 is 0 Å². The van der Waals surface area contributed by atoms with Crippen LogP contribution in [-0.2, 0) is 0 Å². The Morgan fingerprint density at radius 2 is 2.22 bits per heavy atom. The van der Waals surface area contributed by atoms with Crippen LogP contribution in [0.15, 0.2) is 23.3 Å². The van der Waals surface area contributed by atoms with Gasteiger partial charge in [-0.2, -0.15) is 0 Å². The van der Waals surface area contributed by atoms with E-state index in [-0.39, 0.29) is 13.0 Å². The van der Waals surface area contributed by atoms with Gasteiger partial charge in [0.25, 0.3) is 0 Å². The smallest absolute Gasteiger partial charge is 0.150 e. The molecule has 0 bridgehead atoms. The van der Waals surface area contributed by atoms with Gasteiger partial charge in [0.2, 0.25) is 0 Å². The number of aldehydes is 1. The van der Waals surface area contributed by atoms with Crippen molar-refractivity contribution in [2.24, 2.45) is 5.11 Å². The van der Waals surface area contributed by atoms with Gasteiger partial charge in [0, 0.05) is 17.0 Å². The number of aliphatic hydroxyl groups is 2. The van der Waals surface area contributed by atoms with E-state index in [1.165, 1.54) is 0 Å². The molecule has 1 aromatic rings. The summed E-state index contributed by atoms with van der Waals surface area (Å²) in [5, 5.41) is 23.0. The summed E-state index contributed by atoms with van der Waals surface area (Å²) in [5.74, 6) is 0. The summed E-state index contributed by atoms with van der Waals surface area (Å²) in [5.41, 5.74) is 9.75. The summed E-state index contributed by atoms with van der Waals surface area (Å²) < 4.78 is 0. The largest absolute Gasteiger partial charge is 0.390 e. The summed E-state index contributed by atoms with van der Waals surface area (Å²) in [4.78, 5) is 13.5. The molecule has 0 radical (unpaired) electrons. The minimum atomic E-state index is -1.17. The van der Waals surface area contributed by atoms with E-state index in [0.717, 1.165) is 5.56 Å². The second-order valence-electron chi connectivity index (χ2n) is 4.01. The Labute approximate surface area is 105 Å². The van der Waals surface area contributed by atoms with Gasteiger partial charge in [0.1, 0.15) is 12.4 Å². The van der Waals surface area contributed by atoms with Crippen LogP contribution in [0.5, 0.6) is 0 Å². The first-order chi connectivity index (χ1) is 8.60. The molecule has 6 nitrogen and oxygen atoms in total. The molecular formula is C12H15N3O3. The predicted octanol–water partition coefficient (Wildman–Crippen LogP) is 1.90. The lowest BCUT2D eigenvalue weighted by atomic mass is 9.96. The number of nitrogens with zero attached hydrogens (tertiary/aromatic N) is 3. The Balaban J connectivity index is 2.85. The van der Waals surface area contributed by atoms with E-state index in [4.69, 9.17) is 5.53 Å². The number of carbonyl (C=O) groups excluding carboxylic acids is 1. The number of carbonyl (C=O) groups is 1. The first-order valence-corrected chi connectivity index (χ1v) is 5.53. The fourth-order valence-corrected chi connectivity index (χ4v) is 1.67. The molecule has 0 aliphatic heterocycles. The first kappa shape index (κ1) is 14.2. The van der Waals surface area contributed by atoms with E-state index in [2.05, 4.69) is 10.0 Å². The molecule has 2 atom stereocenters. The third-order valence-electron chi connectivity index (χ3n) is 2.64. The maximum Gasteiger partial charge on any atom is 0.150 e. The van der Waals surface area contributed by atoms with Crippen molar-refractivity contribution in [2.45, 2.75) is 25.6 Å². The van der Waals surface area contributed by atoms with Crippen molar-refractivity contribution in [3.05, 3.63) is 45.3 Å². The number of hydrogen-bond acceptors (Lipinski definition) is 4. The minimum absolute atomic E-state index is 0.0943. The Kier molecular flexibility index (Phi) is 5.32. The molecule has 0 saturated heterocycles. The number of hydrogen-bond donors (Lipinski definition) is 2. The average Bonchev–Trinajstić information content (AvgIpc) is 2.37. The lowest BCUT2D eigenvalue weighted by Gasteiger charge is -2.19. The van der Waals surface area contributed by atoms with Crippen LogP contribution in [0.25, 0.3) is 10.4 Å². The zero-order chi connectivity index (χ0) is 13.5. The lowest BCUT2D eigenvalue weighted by molar-refractivity contribution is 0.0147. The van der Waals surface area contributed by atoms with Crippen molar-refractivity contribution in [1.29, 1.82) is 0 Å². The molecule has 1 aromatic carbocycles. The standard InChI is InChI=1S/C12H15N3O3/c1-8-2-3-10(9(6-8)7-16)12(18)11(17)4-5-14-15-13/h2-3,6-7,11-12,17-18H,4-5H2,1H3. The van der Waals surface area contributed by atoms with E-state index < -0.39 is 12.2 Å². The van der Waals surface area contributed by atoms with Gasteiger partial charge in [-0.3, -0.25) is 4.79 Å². The van der Waals surface area contributed by atoms with E-state index in [0.29, 0.717) is 17.4 Å². The van der Waals surface area contributed by atoms with Gasteiger partial charge in [0.15, 0.2) is 0 Å². The number of benzene rings is 1. The first-order valence-electron chi connectivity index (χ1n) is 5.53. The second-order valence-corrected chi connectivity index (χ2v) is 4.01. The molecule has 0 heterocycles. The zero-order valence-electron chi connectivity index (χ0n) is 10.0. The van der Waals surface area contributed by atoms with Gasteiger partial charge in [0.05, 0.1) is 6.10 Å². The van der Waals surface area contributed by atoms with Gasteiger partial charge < -0.3 is 10.2 Å². The van der Waals surface area contributed by atoms with Crippen molar-refractivity contribution >= 4 is 6.29 Å². The van der Waals surface area contributed by atoms with Crippen molar-refractivity contribution in [3.8, 4) is 0 Å². The van der Waals surface area contributed by atoms with Crippen molar-refractivity contribution in [1.82, 2.24) is 0 Å². The van der Waals surface area contributed by atoms with Crippen molar-refractivity contribution < 1.29 is 15.0 Å². The fourth-order valence-electron chi connectivity index (χ4n) is 1.67. The highest BCUT2D eigenvalue weighted by molar-refractivity contribution is 5.77. The third kappa shape index (κ3) is 3.56. The van der Waals surface area contributed by atoms with Gasteiger partial charge in [-0.1, -0.05) is 22.8 Å². The second kappa shape index (κ2) is 6.76. The molecule has 0 aromatic heterocycles. The van der Waals surface area contributed by atoms with Gasteiger partial charge in [-0.05, 0) is 30.5 Å². The average molecular weight is 249 g/mol. The lowest BCUT2D eigenvalue weighted by Crippen LogP contribution is -2.20. The molecule has 0 amide bonds. The monoisotopic (exact) mass is 249 g/mol. The van der Waals surface area contributed by atoms with Crippen LogP contribution in [0, 0.1) is 6.92 Å². The molecule has 0 spiro atoms. The summed E-state index contributed by atoms with van der Waals surface area (Å²) in [6, 6.07) is 5.01. The molecule has 18 heavy (non-hydrogen) atoms. The predicted molar refractivity (Wildman–Crippen MR) is 66.2 cm³/mol. The van der Waals surface area contributed by atoms with E-state index >= 15 is 0 Å². The van der Waals surface area contributed by atoms with Crippen LogP contribution in [0.4, 0.5) is 0 Å². The third-order valence-corrected chi connectivity index (χ3v) is 2.64. The summed E-state index contributed by atoms with van der Waals surface area (Å²) in [6.07, 6.45) is -1.46. The molecular weight excluding hydrogens is 234 g/mol. The highest BCUT2D eigenvalue weighted by atomic mass is 16.3. The maximum atomic E-state index is 10.9. The molecule has 1 rings (SSSR count). The van der Waals surface area contributed by atoms with Crippen LogP contribution in [0.2, 0.25) is 0 Å². The Morgan fingerprint density at radius 1 is 1.50 bits per heavy atom. The fraction of sp³-hybridized carbons (Fsp3) is 0.417. The SMILES string of the molecule is Cc1ccc(C(O)C(O)CCN=[N+]=[N-])c(C=O)c1. The highest BCUT2D eigenvalue weighted by Gasteiger charge is 2.20. The maximum absolute atomic E-state index is 10.9. The molecule has 2 unspecified atom stereocenters. The van der Waals surface area contributed by atoms with Gasteiger partial charge in [-0.25, -0.2) is 0 Å². The molecule has 0 aliphatic rings. The Hall–Kier alpha value is -1.88. The Bertz CT molecular complexity index is 470. The number of aliphatic hydroxyl groups excluding tert-OH is 2. The van der Waals surface area contributed by atoms with Gasteiger partial charge in [-0.15, -0.1) is 0 Å². The molecule has 2 N–H and O–H groups in total. The quantitative estimate of drug-likeness (QED) is 0.348. The minimum Gasteiger partial charge on any atom is -0.390 e. The summed E-state index contributed by atoms with van der Waals surface area (Å²) in [7, 11) is 0. The topological polar surface area (TPSA) is 106 Å². The number of rotatable bonds is 6. The molecule has 0 aliphatic carbocycles. The summed E-state index contributed by atoms with van der Waals surface area (Å²) >= 11 is 0. The van der Waals surface area contributed by atoms with Crippen LogP contribution in [0.1, 0.15) is 34.0 Å².